The van der Waals surface area contributed by atoms with E-state index in [9.17, 15) is 4.79 Å². The Balaban J connectivity index is 1.59. The number of pyridine rings is 1. The average molecular weight is 352 g/mol. The first kappa shape index (κ1) is 16.5. The number of morpholine rings is 1. The van der Waals surface area contributed by atoms with Gasteiger partial charge in [-0.25, -0.2) is 9.50 Å². The second-order valence-electron chi connectivity index (χ2n) is 6.23. The summed E-state index contributed by atoms with van der Waals surface area (Å²) in [7, 11) is 1.87. The Hall–Kier alpha value is -3.00. The molecule has 0 unspecified atom stereocenters. The molecule has 0 bridgehead atoms. The summed E-state index contributed by atoms with van der Waals surface area (Å²) in [6.45, 7) is 3.39. The first-order chi connectivity index (χ1) is 12.7. The maximum absolute atomic E-state index is 13.0. The Labute approximate surface area is 150 Å². The van der Waals surface area contributed by atoms with E-state index in [1.54, 1.807) is 34.1 Å². The second kappa shape index (κ2) is 6.72. The lowest BCUT2D eigenvalue weighted by Crippen LogP contribution is -2.42. The van der Waals surface area contributed by atoms with Gasteiger partial charge in [-0.2, -0.15) is 5.10 Å². The van der Waals surface area contributed by atoms with E-state index < -0.39 is 0 Å². The van der Waals surface area contributed by atoms with Crippen molar-refractivity contribution in [2.45, 2.75) is 13.0 Å². The standard InChI is InChI=1S/C18H20N6O2/c1-12-8-13(19-2)9-15(22-12)16-11-23(6-7-26-16)18(25)14-10-21-24-5-3-4-20-17(14)24/h3-5,8-10,16H,6-7,11H2,1-2H3,(H,19,22)/t16-/m0/s1. The molecule has 8 heteroatoms. The topological polar surface area (TPSA) is 84.7 Å². The molecule has 1 atom stereocenters. The summed E-state index contributed by atoms with van der Waals surface area (Å²) in [5, 5.41) is 7.33. The third kappa shape index (κ3) is 2.99. The van der Waals surface area contributed by atoms with Crippen molar-refractivity contribution in [2.75, 3.05) is 32.1 Å². The molecule has 4 heterocycles. The third-order valence-electron chi connectivity index (χ3n) is 4.46. The van der Waals surface area contributed by atoms with Crippen molar-refractivity contribution < 1.29 is 9.53 Å². The van der Waals surface area contributed by atoms with E-state index in [4.69, 9.17) is 4.74 Å². The van der Waals surface area contributed by atoms with Crippen molar-refractivity contribution in [1.82, 2.24) is 24.5 Å². The number of nitrogens with zero attached hydrogens (tertiary/aromatic N) is 5. The van der Waals surface area contributed by atoms with Crippen LogP contribution in [0.1, 0.15) is 27.8 Å². The summed E-state index contributed by atoms with van der Waals surface area (Å²) in [6.07, 6.45) is 4.75. The number of fused-ring (bicyclic) bond motifs is 1. The minimum absolute atomic E-state index is 0.0894. The Morgan fingerprint density at radius 2 is 2.27 bits per heavy atom. The van der Waals surface area contributed by atoms with E-state index in [0.29, 0.717) is 30.9 Å². The van der Waals surface area contributed by atoms with Crippen LogP contribution in [0.3, 0.4) is 0 Å². The van der Waals surface area contributed by atoms with Crippen LogP contribution in [-0.2, 0) is 4.74 Å². The van der Waals surface area contributed by atoms with Gasteiger partial charge in [0, 0.05) is 37.4 Å². The van der Waals surface area contributed by atoms with Crippen LogP contribution in [0.2, 0.25) is 0 Å². The molecule has 0 saturated carbocycles. The van der Waals surface area contributed by atoms with Crippen molar-refractivity contribution in [2.24, 2.45) is 0 Å². The number of carbonyl (C=O) groups is 1. The monoisotopic (exact) mass is 352 g/mol. The average Bonchev–Trinajstić information content (AvgIpc) is 3.11. The summed E-state index contributed by atoms with van der Waals surface area (Å²) in [5.74, 6) is -0.0894. The Bertz CT molecular complexity index is 954. The summed E-state index contributed by atoms with van der Waals surface area (Å²) in [5.41, 5.74) is 3.77. The van der Waals surface area contributed by atoms with E-state index in [-0.39, 0.29) is 12.0 Å². The molecule has 0 spiro atoms. The molecule has 1 aliphatic heterocycles. The largest absolute Gasteiger partial charge is 0.388 e. The number of anilines is 1. The van der Waals surface area contributed by atoms with Gasteiger partial charge in [-0.3, -0.25) is 9.78 Å². The van der Waals surface area contributed by atoms with Gasteiger partial charge in [-0.05, 0) is 25.1 Å². The Morgan fingerprint density at radius 3 is 3.12 bits per heavy atom. The molecule has 1 saturated heterocycles. The molecule has 1 N–H and O–H groups in total. The molecule has 8 nitrogen and oxygen atoms in total. The zero-order valence-electron chi connectivity index (χ0n) is 14.7. The summed E-state index contributed by atoms with van der Waals surface area (Å²) >= 11 is 0. The van der Waals surface area contributed by atoms with Gasteiger partial charge < -0.3 is 15.0 Å². The van der Waals surface area contributed by atoms with Gasteiger partial charge in [-0.15, -0.1) is 0 Å². The molecule has 0 radical (unpaired) electrons. The van der Waals surface area contributed by atoms with Crippen molar-refractivity contribution in [3.8, 4) is 0 Å². The molecular weight excluding hydrogens is 332 g/mol. The fourth-order valence-electron chi connectivity index (χ4n) is 3.16. The highest BCUT2D eigenvalue weighted by atomic mass is 16.5. The number of ether oxygens (including phenoxy) is 1. The Kier molecular flexibility index (Phi) is 4.26. The van der Waals surface area contributed by atoms with E-state index in [0.717, 1.165) is 17.1 Å². The predicted molar refractivity (Wildman–Crippen MR) is 96.1 cm³/mol. The van der Waals surface area contributed by atoms with Crippen LogP contribution in [0.25, 0.3) is 5.65 Å². The van der Waals surface area contributed by atoms with E-state index in [1.807, 2.05) is 26.1 Å². The van der Waals surface area contributed by atoms with E-state index in [1.165, 1.54) is 0 Å². The van der Waals surface area contributed by atoms with Crippen LogP contribution in [0.15, 0.2) is 36.8 Å². The molecule has 26 heavy (non-hydrogen) atoms. The molecule has 3 aromatic rings. The lowest BCUT2D eigenvalue weighted by atomic mass is 10.1. The third-order valence-corrected chi connectivity index (χ3v) is 4.46. The highest BCUT2D eigenvalue weighted by molar-refractivity contribution is 5.99. The van der Waals surface area contributed by atoms with Crippen molar-refractivity contribution in [1.29, 1.82) is 0 Å². The number of aryl methyl sites for hydroxylation is 1. The second-order valence-corrected chi connectivity index (χ2v) is 6.23. The van der Waals surface area contributed by atoms with Crippen LogP contribution in [0.5, 0.6) is 0 Å². The zero-order chi connectivity index (χ0) is 18.1. The summed E-state index contributed by atoms with van der Waals surface area (Å²) in [6, 6.07) is 5.71. The molecular formula is C18H20N6O2. The summed E-state index contributed by atoms with van der Waals surface area (Å²) < 4.78 is 7.49. The molecule has 134 valence electrons. The number of carbonyl (C=O) groups excluding carboxylic acids is 1. The first-order valence-corrected chi connectivity index (χ1v) is 8.51. The van der Waals surface area contributed by atoms with Crippen LogP contribution in [0.4, 0.5) is 5.69 Å². The number of hydrogen-bond donors (Lipinski definition) is 1. The van der Waals surface area contributed by atoms with Crippen LogP contribution in [-0.4, -0.2) is 57.1 Å². The maximum atomic E-state index is 13.0. The van der Waals surface area contributed by atoms with Gasteiger partial charge in [-0.1, -0.05) is 0 Å². The predicted octanol–water partition coefficient (Wildman–Crippen LogP) is 1.69. The number of aromatic nitrogens is 4. The van der Waals surface area contributed by atoms with Crippen LogP contribution < -0.4 is 5.32 Å². The van der Waals surface area contributed by atoms with Gasteiger partial charge in [0.1, 0.15) is 11.7 Å². The van der Waals surface area contributed by atoms with Crippen LogP contribution >= 0.6 is 0 Å². The lowest BCUT2D eigenvalue weighted by molar-refractivity contribution is -0.0247. The number of nitrogens with one attached hydrogen (secondary N) is 1. The lowest BCUT2D eigenvalue weighted by Gasteiger charge is -2.32. The van der Waals surface area contributed by atoms with Gasteiger partial charge in [0.25, 0.3) is 5.91 Å². The normalized spacial score (nSPS) is 17.5. The SMILES string of the molecule is CNc1cc(C)nc([C@@H]2CN(C(=O)c3cnn4cccnc34)CCO2)c1. The first-order valence-electron chi connectivity index (χ1n) is 8.51. The van der Waals surface area contributed by atoms with Crippen LogP contribution in [0, 0.1) is 6.92 Å². The molecule has 0 aliphatic carbocycles. The van der Waals surface area contributed by atoms with E-state index in [2.05, 4.69) is 20.4 Å². The Morgan fingerprint density at radius 1 is 1.38 bits per heavy atom. The molecule has 1 amide bonds. The number of hydrogen-bond acceptors (Lipinski definition) is 6. The molecule has 4 rings (SSSR count). The molecule has 3 aromatic heterocycles. The minimum Gasteiger partial charge on any atom is -0.388 e. The van der Waals surface area contributed by atoms with Gasteiger partial charge >= 0.3 is 0 Å². The molecule has 0 aromatic carbocycles. The maximum Gasteiger partial charge on any atom is 0.259 e. The van der Waals surface area contributed by atoms with Gasteiger partial charge in [0.15, 0.2) is 5.65 Å². The number of amides is 1. The quantitative estimate of drug-likeness (QED) is 0.772. The van der Waals surface area contributed by atoms with Crippen molar-refractivity contribution in [3.05, 3.63) is 53.7 Å². The highest BCUT2D eigenvalue weighted by Gasteiger charge is 2.29. The van der Waals surface area contributed by atoms with E-state index >= 15 is 0 Å². The summed E-state index contributed by atoms with van der Waals surface area (Å²) in [4.78, 5) is 23.6. The van der Waals surface area contributed by atoms with Gasteiger partial charge in [0.2, 0.25) is 0 Å². The fourth-order valence-corrected chi connectivity index (χ4v) is 3.16. The van der Waals surface area contributed by atoms with Gasteiger partial charge in [0.05, 0.1) is 25.0 Å². The fraction of sp³-hybridized carbons (Fsp3) is 0.333. The molecule has 1 fully saturated rings. The smallest absolute Gasteiger partial charge is 0.259 e. The minimum atomic E-state index is -0.255. The molecule has 1 aliphatic rings. The van der Waals surface area contributed by atoms with Crippen molar-refractivity contribution >= 4 is 17.2 Å². The zero-order valence-corrected chi connectivity index (χ0v) is 14.7. The number of rotatable bonds is 3. The van der Waals surface area contributed by atoms with Crippen molar-refractivity contribution in [3.63, 3.8) is 0 Å². The highest BCUT2D eigenvalue weighted by Crippen LogP contribution is 2.25.